The van der Waals surface area contributed by atoms with Crippen LogP contribution in [0.3, 0.4) is 0 Å². The van der Waals surface area contributed by atoms with E-state index < -0.39 is 6.10 Å². The SMILES string of the molecule is Oc1ccc(C2=CC(C(c3ccc(-c4ccccc4)cc3)c3cc(C4=CCC(O)C=C4)ccc3O)C=C2)cc1. The minimum Gasteiger partial charge on any atom is -0.508 e. The molecular formula is C36H30O3. The van der Waals surface area contributed by atoms with Gasteiger partial charge in [-0.25, -0.2) is 0 Å². The molecule has 0 saturated carbocycles. The molecule has 0 amide bonds. The molecule has 3 N–H and O–H groups in total. The molecule has 3 atom stereocenters. The number of aromatic hydroxyl groups is 2. The average molecular weight is 511 g/mol. The Kier molecular flexibility index (Phi) is 6.75. The molecule has 3 nitrogen and oxygen atoms in total. The predicted molar refractivity (Wildman–Crippen MR) is 158 cm³/mol. The first-order valence-corrected chi connectivity index (χ1v) is 13.3. The molecule has 2 aliphatic carbocycles. The molecule has 6 rings (SSSR count). The third-order valence-electron chi connectivity index (χ3n) is 7.61. The van der Waals surface area contributed by atoms with Gasteiger partial charge in [0, 0.05) is 17.4 Å². The maximum atomic E-state index is 11.2. The largest absolute Gasteiger partial charge is 0.508 e. The molecular weight excluding hydrogens is 480 g/mol. The quantitative estimate of drug-likeness (QED) is 0.247. The van der Waals surface area contributed by atoms with Gasteiger partial charge in [0.15, 0.2) is 0 Å². The van der Waals surface area contributed by atoms with Gasteiger partial charge in [-0.2, -0.15) is 0 Å². The standard InChI is InChI=1S/C36H30O3/c37-32-17-12-26(13-18-32)29-10-11-31(22-29)36(28-8-6-25(7-9-28)24-4-2-1-3-5-24)34-23-30(16-21-35(34)39)27-14-19-33(38)20-15-27/h1-19,21-23,31,33,36-39H,20H2. The normalized spacial score (nSPS) is 19.0. The van der Waals surface area contributed by atoms with E-state index in [-0.39, 0.29) is 23.3 Å². The highest BCUT2D eigenvalue weighted by Crippen LogP contribution is 2.43. The first kappa shape index (κ1) is 24.7. The summed E-state index contributed by atoms with van der Waals surface area (Å²) in [5.41, 5.74) is 8.48. The Morgan fingerprint density at radius 3 is 2.03 bits per heavy atom. The predicted octanol–water partition coefficient (Wildman–Crippen LogP) is 7.87. The minimum absolute atomic E-state index is 0.0234. The number of aliphatic hydroxyl groups excluding tert-OH is 1. The van der Waals surface area contributed by atoms with E-state index in [2.05, 4.69) is 60.7 Å². The van der Waals surface area contributed by atoms with Crippen LogP contribution in [0.4, 0.5) is 0 Å². The van der Waals surface area contributed by atoms with Gasteiger partial charge < -0.3 is 15.3 Å². The van der Waals surface area contributed by atoms with Crippen LogP contribution in [-0.4, -0.2) is 21.4 Å². The van der Waals surface area contributed by atoms with Crippen LogP contribution in [0.15, 0.2) is 134 Å². The molecule has 0 aliphatic heterocycles. The topological polar surface area (TPSA) is 60.7 Å². The number of allylic oxidation sites excluding steroid dienone is 6. The second-order valence-electron chi connectivity index (χ2n) is 10.2. The summed E-state index contributed by atoms with van der Waals surface area (Å²) in [6.07, 6.45) is 12.5. The number of benzene rings is 4. The number of aliphatic hydroxyl groups is 1. The first-order chi connectivity index (χ1) is 19.0. The Morgan fingerprint density at radius 2 is 1.31 bits per heavy atom. The number of hydrogen-bond donors (Lipinski definition) is 3. The van der Waals surface area contributed by atoms with Crippen LogP contribution in [0, 0.1) is 5.92 Å². The summed E-state index contributed by atoms with van der Waals surface area (Å²) in [6, 6.07) is 32.0. The highest BCUT2D eigenvalue weighted by molar-refractivity contribution is 5.79. The lowest BCUT2D eigenvalue weighted by Gasteiger charge is -2.25. The van der Waals surface area contributed by atoms with Crippen molar-refractivity contribution < 1.29 is 15.3 Å². The number of hydrogen-bond acceptors (Lipinski definition) is 3. The van der Waals surface area contributed by atoms with Gasteiger partial charge >= 0.3 is 0 Å². The second kappa shape index (κ2) is 10.6. The summed E-state index contributed by atoms with van der Waals surface area (Å²) < 4.78 is 0. The van der Waals surface area contributed by atoms with E-state index in [1.165, 1.54) is 5.56 Å². The van der Waals surface area contributed by atoms with Gasteiger partial charge in [-0.3, -0.25) is 0 Å². The minimum atomic E-state index is -0.451. The van der Waals surface area contributed by atoms with Crippen molar-refractivity contribution in [3.8, 4) is 22.6 Å². The molecule has 0 aromatic heterocycles. The van der Waals surface area contributed by atoms with Gasteiger partial charge in [-0.05, 0) is 69.6 Å². The first-order valence-electron chi connectivity index (χ1n) is 13.3. The summed E-state index contributed by atoms with van der Waals surface area (Å²) in [4.78, 5) is 0. The second-order valence-corrected chi connectivity index (χ2v) is 10.2. The van der Waals surface area contributed by atoms with E-state index in [4.69, 9.17) is 0 Å². The molecule has 39 heavy (non-hydrogen) atoms. The number of rotatable bonds is 6. The summed E-state index contributed by atoms with van der Waals surface area (Å²) in [5, 5.41) is 30.8. The summed E-state index contributed by atoms with van der Waals surface area (Å²) >= 11 is 0. The van der Waals surface area contributed by atoms with Crippen LogP contribution in [-0.2, 0) is 0 Å². The zero-order valence-corrected chi connectivity index (χ0v) is 21.5. The zero-order chi connectivity index (χ0) is 26.8. The summed E-state index contributed by atoms with van der Waals surface area (Å²) in [5.74, 6) is 0.417. The molecule has 0 bridgehead atoms. The monoisotopic (exact) mass is 510 g/mol. The lowest BCUT2D eigenvalue weighted by atomic mass is 9.79. The molecule has 4 aromatic rings. The van der Waals surface area contributed by atoms with Crippen LogP contribution in [0.1, 0.15) is 34.6 Å². The van der Waals surface area contributed by atoms with E-state index in [1.54, 1.807) is 18.2 Å². The lowest BCUT2D eigenvalue weighted by Crippen LogP contribution is -2.11. The number of phenols is 2. The van der Waals surface area contributed by atoms with Gasteiger partial charge in [-0.15, -0.1) is 0 Å². The Morgan fingerprint density at radius 1 is 0.641 bits per heavy atom. The van der Waals surface area contributed by atoms with Crippen molar-refractivity contribution in [1.82, 2.24) is 0 Å². The molecule has 3 unspecified atom stereocenters. The lowest BCUT2D eigenvalue weighted by molar-refractivity contribution is 0.226. The highest BCUT2D eigenvalue weighted by atomic mass is 16.3. The molecule has 4 aromatic carbocycles. The van der Waals surface area contributed by atoms with Gasteiger partial charge in [0.25, 0.3) is 0 Å². The van der Waals surface area contributed by atoms with Crippen molar-refractivity contribution in [3.05, 3.63) is 156 Å². The van der Waals surface area contributed by atoms with Crippen LogP contribution < -0.4 is 0 Å². The van der Waals surface area contributed by atoms with Gasteiger partial charge in [0.05, 0.1) is 6.10 Å². The Balaban J connectivity index is 1.42. The zero-order valence-electron chi connectivity index (χ0n) is 21.5. The van der Waals surface area contributed by atoms with Crippen molar-refractivity contribution in [2.75, 3.05) is 0 Å². The fourth-order valence-corrected chi connectivity index (χ4v) is 5.52. The number of phenolic OH excluding ortho intramolecular Hbond substituents is 2. The van der Waals surface area contributed by atoms with Crippen LogP contribution >= 0.6 is 0 Å². The van der Waals surface area contributed by atoms with Crippen molar-refractivity contribution in [2.24, 2.45) is 5.92 Å². The molecule has 192 valence electrons. The van der Waals surface area contributed by atoms with Gasteiger partial charge in [0.2, 0.25) is 0 Å². The van der Waals surface area contributed by atoms with Gasteiger partial charge in [0.1, 0.15) is 11.5 Å². The summed E-state index contributed by atoms with van der Waals surface area (Å²) in [7, 11) is 0. The average Bonchev–Trinajstić information content (AvgIpc) is 3.46. The molecule has 2 aliphatic rings. The smallest absolute Gasteiger partial charge is 0.119 e. The molecule has 0 spiro atoms. The molecule has 0 heterocycles. The van der Waals surface area contributed by atoms with E-state index in [0.29, 0.717) is 6.42 Å². The van der Waals surface area contributed by atoms with E-state index in [9.17, 15) is 15.3 Å². The van der Waals surface area contributed by atoms with Gasteiger partial charge in [-0.1, -0.05) is 109 Å². The van der Waals surface area contributed by atoms with E-state index >= 15 is 0 Å². The van der Waals surface area contributed by atoms with Crippen molar-refractivity contribution in [2.45, 2.75) is 18.4 Å². The fraction of sp³-hybridized carbons (Fsp3) is 0.111. The van der Waals surface area contributed by atoms with Crippen molar-refractivity contribution in [3.63, 3.8) is 0 Å². The third-order valence-corrected chi connectivity index (χ3v) is 7.61. The summed E-state index contributed by atoms with van der Waals surface area (Å²) in [6.45, 7) is 0. The molecule has 0 saturated heterocycles. The van der Waals surface area contributed by atoms with Crippen molar-refractivity contribution >= 4 is 11.1 Å². The third kappa shape index (κ3) is 5.22. The van der Waals surface area contributed by atoms with E-state index in [0.717, 1.165) is 39.0 Å². The van der Waals surface area contributed by atoms with E-state index in [1.807, 2.05) is 54.6 Å². The molecule has 3 heteroatoms. The van der Waals surface area contributed by atoms with Crippen LogP contribution in [0.2, 0.25) is 0 Å². The van der Waals surface area contributed by atoms with Crippen molar-refractivity contribution in [1.29, 1.82) is 0 Å². The maximum Gasteiger partial charge on any atom is 0.119 e. The van der Waals surface area contributed by atoms with Crippen LogP contribution in [0.5, 0.6) is 11.5 Å². The molecule has 0 fully saturated rings. The Bertz CT molecular complexity index is 1590. The molecule has 0 radical (unpaired) electrons. The van der Waals surface area contributed by atoms with Crippen LogP contribution in [0.25, 0.3) is 22.3 Å². The highest BCUT2D eigenvalue weighted by Gasteiger charge is 2.28. The fourth-order valence-electron chi connectivity index (χ4n) is 5.52. The Hall–Kier alpha value is -4.60. The maximum absolute atomic E-state index is 11.2. The Labute approximate surface area is 229 Å².